The summed E-state index contributed by atoms with van der Waals surface area (Å²) in [5.41, 5.74) is 1.06. The number of nitrogens with one attached hydrogen (secondary N) is 1. The van der Waals surface area contributed by atoms with Crippen molar-refractivity contribution in [3.63, 3.8) is 0 Å². The van der Waals surface area contributed by atoms with E-state index in [9.17, 15) is 8.42 Å². The van der Waals surface area contributed by atoms with E-state index in [0.717, 1.165) is 30.8 Å². The highest BCUT2D eigenvalue weighted by molar-refractivity contribution is 7.89. The van der Waals surface area contributed by atoms with E-state index in [1.807, 2.05) is 30.3 Å². The van der Waals surface area contributed by atoms with Crippen molar-refractivity contribution in [2.45, 2.75) is 19.3 Å². The Morgan fingerprint density at radius 3 is 2.56 bits per heavy atom. The molecule has 7 heteroatoms. The number of hydrogen-bond donors (Lipinski definition) is 1. The zero-order valence-electron chi connectivity index (χ0n) is 14.2. The van der Waals surface area contributed by atoms with Gasteiger partial charge < -0.3 is 5.32 Å². The number of aromatic nitrogens is 2. The molecule has 3 rings (SSSR count). The Kier molecular flexibility index (Phi) is 5.99. The lowest BCUT2D eigenvalue weighted by Crippen LogP contribution is -2.41. The van der Waals surface area contributed by atoms with Gasteiger partial charge in [0.25, 0.3) is 0 Å². The second kappa shape index (κ2) is 8.40. The monoisotopic (exact) mass is 360 g/mol. The summed E-state index contributed by atoms with van der Waals surface area (Å²) in [4.78, 5) is 8.22. The van der Waals surface area contributed by atoms with Gasteiger partial charge in [-0.05, 0) is 30.7 Å². The molecule has 0 atom stereocenters. The minimum Gasteiger partial charge on any atom is -0.369 e. The molecular weight excluding hydrogens is 336 g/mol. The number of piperidine rings is 1. The SMILES string of the molecule is O=S(=O)(CCc1ccccc1)N1CCC(CNc2cnccn2)CC1. The molecule has 0 unspecified atom stereocenters. The topological polar surface area (TPSA) is 75.2 Å². The van der Waals surface area contributed by atoms with E-state index < -0.39 is 10.0 Å². The number of hydrogen-bond acceptors (Lipinski definition) is 5. The Labute approximate surface area is 149 Å². The zero-order chi connectivity index (χ0) is 17.5. The predicted molar refractivity (Wildman–Crippen MR) is 98.8 cm³/mol. The molecule has 6 nitrogen and oxygen atoms in total. The highest BCUT2D eigenvalue weighted by Gasteiger charge is 2.27. The fourth-order valence-corrected chi connectivity index (χ4v) is 4.57. The van der Waals surface area contributed by atoms with E-state index >= 15 is 0 Å². The van der Waals surface area contributed by atoms with E-state index in [2.05, 4.69) is 15.3 Å². The third kappa shape index (κ3) is 5.24. The lowest BCUT2D eigenvalue weighted by atomic mass is 9.98. The Hall–Kier alpha value is -1.99. The third-order valence-electron chi connectivity index (χ3n) is 4.59. The molecule has 1 aliphatic rings. The molecule has 0 radical (unpaired) electrons. The van der Waals surface area contributed by atoms with E-state index in [4.69, 9.17) is 0 Å². The van der Waals surface area contributed by atoms with Crippen LogP contribution in [-0.2, 0) is 16.4 Å². The van der Waals surface area contributed by atoms with Crippen LogP contribution < -0.4 is 5.32 Å². The standard InChI is InChI=1S/C18H24N4O2S/c23-25(24,13-8-16-4-2-1-3-5-16)22-11-6-17(7-12-22)14-21-18-15-19-9-10-20-18/h1-5,9-10,15,17H,6-8,11-14H2,(H,20,21). The van der Waals surface area contributed by atoms with Gasteiger partial charge in [0.2, 0.25) is 10.0 Å². The Morgan fingerprint density at radius 2 is 1.88 bits per heavy atom. The van der Waals surface area contributed by atoms with Gasteiger partial charge in [-0.25, -0.2) is 17.7 Å². The van der Waals surface area contributed by atoms with E-state index in [0.29, 0.717) is 25.4 Å². The van der Waals surface area contributed by atoms with Crippen molar-refractivity contribution in [1.29, 1.82) is 0 Å². The first-order chi connectivity index (χ1) is 12.1. The quantitative estimate of drug-likeness (QED) is 0.819. The first-order valence-electron chi connectivity index (χ1n) is 8.65. The molecule has 1 N–H and O–H groups in total. The maximum atomic E-state index is 12.5. The Morgan fingerprint density at radius 1 is 1.12 bits per heavy atom. The summed E-state index contributed by atoms with van der Waals surface area (Å²) >= 11 is 0. The third-order valence-corrected chi connectivity index (χ3v) is 6.47. The Bertz CT molecular complexity index is 745. The summed E-state index contributed by atoms with van der Waals surface area (Å²) in [6.07, 6.45) is 7.31. The van der Waals surface area contributed by atoms with Crippen molar-refractivity contribution in [3.05, 3.63) is 54.5 Å². The maximum absolute atomic E-state index is 12.5. The number of benzene rings is 1. The van der Waals surface area contributed by atoms with E-state index in [1.54, 1.807) is 22.9 Å². The van der Waals surface area contributed by atoms with Crippen LogP contribution >= 0.6 is 0 Å². The van der Waals surface area contributed by atoms with Crippen molar-refractivity contribution in [1.82, 2.24) is 14.3 Å². The van der Waals surface area contributed by atoms with Gasteiger partial charge in [0.05, 0.1) is 11.9 Å². The van der Waals surface area contributed by atoms with Gasteiger partial charge >= 0.3 is 0 Å². The molecule has 1 aromatic heterocycles. The lowest BCUT2D eigenvalue weighted by molar-refractivity contribution is 0.282. The molecule has 25 heavy (non-hydrogen) atoms. The molecule has 1 fully saturated rings. The second-order valence-corrected chi connectivity index (χ2v) is 8.45. The van der Waals surface area contributed by atoms with Crippen LogP contribution in [0.15, 0.2) is 48.9 Å². The number of anilines is 1. The summed E-state index contributed by atoms with van der Waals surface area (Å²) in [5, 5.41) is 3.27. The molecule has 0 amide bonds. The number of rotatable bonds is 7. The predicted octanol–water partition coefficient (Wildman–Crippen LogP) is 2.17. The molecule has 1 saturated heterocycles. The summed E-state index contributed by atoms with van der Waals surface area (Å²) in [5.74, 6) is 1.41. The zero-order valence-corrected chi connectivity index (χ0v) is 15.0. The smallest absolute Gasteiger partial charge is 0.214 e. The Balaban J connectivity index is 1.44. The largest absolute Gasteiger partial charge is 0.369 e. The van der Waals surface area contributed by atoms with Crippen molar-refractivity contribution in [2.75, 3.05) is 30.7 Å². The fourth-order valence-electron chi connectivity index (χ4n) is 3.05. The molecule has 0 saturated carbocycles. The van der Waals surface area contributed by atoms with Gasteiger partial charge in [0.15, 0.2) is 0 Å². The summed E-state index contributed by atoms with van der Waals surface area (Å²) < 4.78 is 26.7. The molecule has 1 aliphatic heterocycles. The molecule has 0 aliphatic carbocycles. The molecule has 2 aromatic rings. The highest BCUT2D eigenvalue weighted by atomic mass is 32.2. The molecule has 0 spiro atoms. The summed E-state index contributed by atoms with van der Waals surface area (Å²) in [6, 6.07) is 9.77. The van der Waals surface area contributed by atoms with Gasteiger partial charge in [-0.1, -0.05) is 30.3 Å². The van der Waals surface area contributed by atoms with E-state index in [-0.39, 0.29) is 5.75 Å². The first kappa shape index (κ1) is 17.8. The molecule has 1 aromatic carbocycles. The van der Waals surface area contributed by atoms with Crippen LogP contribution in [0.25, 0.3) is 0 Å². The first-order valence-corrected chi connectivity index (χ1v) is 10.3. The van der Waals surface area contributed by atoms with Gasteiger partial charge in [-0.2, -0.15) is 0 Å². The molecule has 134 valence electrons. The molecule has 0 bridgehead atoms. The summed E-state index contributed by atoms with van der Waals surface area (Å²) in [7, 11) is -3.18. The number of nitrogens with zero attached hydrogens (tertiary/aromatic N) is 3. The van der Waals surface area contributed by atoms with Crippen LogP contribution in [0.2, 0.25) is 0 Å². The van der Waals surface area contributed by atoms with Gasteiger partial charge in [-0.3, -0.25) is 4.98 Å². The molecule has 2 heterocycles. The van der Waals surface area contributed by atoms with E-state index in [1.165, 1.54) is 0 Å². The number of aryl methyl sites for hydroxylation is 1. The van der Waals surface area contributed by atoms with Crippen LogP contribution in [0, 0.1) is 5.92 Å². The molecular formula is C18H24N4O2S. The number of sulfonamides is 1. The summed E-state index contributed by atoms with van der Waals surface area (Å²) in [6.45, 7) is 2.00. The minimum absolute atomic E-state index is 0.180. The van der Waals surface area contributed by atoms with Gasteiger partial charge in [0.1, 0.15) is 5.82 Å². The lowest BCUT2D eigenvalue weighted by Gasteiger charge is -2.31. The van der Waals surface area contributed by atoms with Crippen LogP contribution in [0.3, 0.4) is 0 Å². The highest BCUT2D eigenvalue weighted by Crippen LogP contribution is 2.20. The maximum Gasteiger partial charge on any atom is 0.214 e. The van der Waals surface area contributed by atoms with Crippen molar-refractivity contribution in [3.8, 4) is 0 Å². The van der Waals surface area contributed by atoms with Crippen molar-refractivity contribution >= 4 is 15.8 Å². The average molecular weight is 360 g/mol. The van der Waals surface area contributed by atoms with Crippen LogP contribution in [-0.4, -0.2) is 48.1 Å². The fraction of sp³-hybridized carbons (Fsp3) is 0.444. The van der Waals surface area contributed by atoms with Crippen LogP contribution in [0.5, 0.6) is 0 Å². The van der Waals surface area contributed by atoms with Gasteiger partial charge in [-0.15, -0.1) is 0 Å². The van der Waals surface area contributed by atoms with Gasteiger partial charge in [0, 0.05) is 32.0 Å². The minimum atomic E-state index is -3.18. The average Bonchev–Trinajstić information content (AvgIpc) is 2.67. The van der Waals surface area contributed by atoms with Crippen LogP contribution in [0.1, 0.15) is 18.4 Å². The van der Waals surface area contributed by atoms with Crippen LogP contribution in [0.4, 0.5) is 5.82 Å². The normalized spacial score (nSPS) is 16.6. The van der Waals surface area contributed by atoms with Crippen molar-refractivity contribution < 1.29 is 8.42 Å². The second-order valence-electron chi connectivity index (χ2n) is 6.37. The van der Waals surface area contributed by atoms with Crippen molar-refractivity contribution in [2.24, 2.45) is 5.92 Å².